The lowest BCUT2D eigenvalue weighted by Crippen LogP contribution is -2.35. The number of benzene rings is 1. The van der Waals surface area contributed by atoms with Crippen molar-refractivity contribution in [2.45, 2.75) is 20.3 Å². The van der Waals surface area contributed by atoms with Crippen molar-refractivity contribution in [3.63, 3.8) is 0 Å². The zero-order valence-electron chi connectivity index (χ0n) is 11.0. The molecule has 0 atom stereocenters. The first kappa shape index (κ1) is 15.8. The minimum atomic E-state index is -0.223. The molecule has 0 radical (unpaired) electrons. The van der Waals surface area contributed by atoms with E-state index in [0.717, 1.165) is 0 Å². The molecule has 5 heteroatoms. The van der Waals surface area contributed by atoms with E-state index in [1.165, 1.54) is 0 Å². The van der Waals surface area contributed by atoms with Crippen LogP contribution < -0.4 is 0 Å². The number of nitrogens with zero attached hydrogens (tertiary/aromatic N) is 2. The highest BCUT2D eigenvalue weighted by molar-refractivity contribution is 6.39. The number of carbonyl (C=O) groups is 1. The molecule has 0 saturated carbocycles. The van der Waals surface area contributed by atoms with Crippen LogP contribution in [0.5, 0.6) is 0 Å². The van der Waals surface area contributed by atoms with Crippen LogP contribution >= 0.6 is 23.2 Å². The summed E-state index contributed by atoms with van der Waals surface area (Å²) in [5.41, 5.74) is 0.310. The summed E-state index contributed by atoms with van der Waals surface area (Å²) in [4.78, 5) is 14.1. The van der Waals surface area contributed by atoms with Gasteiger partial charge in [0.05, 0.1) is 28.1 Å². The maximum atomic E-state index is 12.5. The highest BCUT2D eigenvalue weighted by Gasteiger charge is 2.21. The number of halogens is 2. The van der Waals surface area contributed by atoms with E-state index in [9.17, 15) is 4.79 Å². The van der Waals surface area contributed by atoms with Gasteiger partial charge in [-0.25, -0.2) is 0 Å². The van der Waals surface area contributed by atoms with Crippen LogP contribution in [0.2, 0.25) is 10.0 Å². The summed E-state index contributed by atoms with van der Waals surface area (Å²) in [6, 6.07) is 7.02. The Labute approximate surface area is 123 Å². The molecular weight excluding hydrogens is 283 g/mol. The Morgan fingerprint density at radius 1 is 1.37 bits per heavy atom. The van der Waals surface area contributed by atoms with Gasteiger partial charge in [0.15, 0.2) is 0 Å². The lowest BCUT2D eigenvalue weighted by Gasteiger charge is -2.24. The molecule has 0 bridgehead atoms. The Hall–Kier alpha value is -1.24. The van der Waals surface area contributed by atoms with Crippen LogP contribution in [-0.2, 0) is 0 Å². The van der Waals surface area contributed by atoms with Crippen molar-refractivity contribution in [3.8, 4) is 6.07 Å². The van der Waals surface area contributed by atoms with E-state index < -0.39 is 0 Å². The molecule has 102 valence electrons. The molecule has 1 amide bonds. The first-order valence-electron chi connectivity index (χ1n) is 6.07. The summed E-state index contributed by atoms with van der Waals surface area (Å²) in [6.07, 6.45) is 0.292. The van der Waals surface area contributed by atoms with Crippen LogP contribution in [0, 0.1) is 17.2 Å². The first-order valence-corrected chi connectivity index (χ1v) is 6.83. The third-order valence-electron chi connectivity index (χ3n) is 2.54. The van der Waals surface area contributed by atoms with Gasteiger partial charge in [-0.3, -0.25) is 4.79 Å². The largest absolute Gasteiger partial charge is 0.337 e. The Kier molecular flexibility index (Phi) is 6.14. The average Bonchev–Trinajstić information content (AvgIpc) is 2.33. The molecule has 1 aromatic rings. The van der Waals surface area contributed by atoms with E-state index in [0.29, 0.717) is 41.0 Å². The van der Waals surface area contributed by atoms with Gasteiger partial charge >= 0.3 is 0 Å². The number of nitriles is 1. The van der Waals surface area contributed by atoms with Crippen molar-refractivity contribution in [1.29, 1.82) is 5.26 Å². The van der Waals surface area contributed by atoms with Crippen LogP contribution in [0.25, 0.3) is 0 Å². The van der Waals surface area contributed by atoms with Crippen molar-refractivity contribution in [2.75, 3.05) is 13.1 Å². The molecule has 1 aromatic carbocycles. The fraction of sp³-hybridized carbons (Fsp3) is 0.429. The average molecular weight is 299 g/mol. The zero-order valence-corrected chi connectivity index (χ0v) is 12.5. The van der Waals surface area contributed by atoms with Crippen molar-refractivity contribution in [1.82, 2.24) is 4.90 Å². The number of hydrogen-bond acceptors (Lipinski definition) is 2. The smallest absolute Gasteiger partial charge is 0.256 e. The van der Waals surface area contributed by atoms with Gasteiger partial charge in [-0.2, -0.15) is 5.26 Å². The van der Waals surface area contributed by atoms with E-state index in [4.69, 9.17) is 28.5 Å². The summed E-state index contributed by atoms with van der Waals surface area (Å²) in [7, 11) is 0. The fourth-order valence-electron chi connectivity index (χ4n) is 1.76. The van der Waals surface area contributed by atoms with E-state index in [2.05, 4.69) is 0 Å². The normalized spacial score (nSPS) is 10.3. The SMILES string of the molecule is CC(C)CN(CCC#N)C(=O)c1c(Cl)cccc1Cl. The third kappa shape index (κ3) is 4.41. The van der Waals surface area contributed by atoms with Gasteiger partial charge in [-0.15, -0.1) is 0 Å². The lowest BCUT2D eigenvalue weighted by atomic mass is 10.1. The number of hydrogen-bond donors (Lipinski definition) is 0. The minimum absolute atomic E-state index is 0.223. The van der Waals surface area contributed by atoms with Crippen molar-refractivity contribution in [3.05, 3.63) is 33.8 Å². The molecule has 0 fully saturated rings. The van der Waals surface area contributed by atoms with Crippen LogP contribution in [0.4, 0.5) is 0 Å². The van der Waals surface area contributed by atoms with Gasteiger partial charge in [0.2, 0.25) is 0 Å². The van der Waals surface area contributed by atoms with E-state index in [-0.39, 0.29) is 5.91 Å². The standard InChI is InChI=1S/C14H16Cl2N2O/c1-10(2)9-18(8-4-7-17)14(19)13-11(15)5-3-6-12(13)16/h3,5-6,10H,4,8-9H2,1-2H3. The molecule has 0 aliphatic rings. The van der Waals surface area contributed by atoms with Crippen LogP contribution in [0.3, 0.4) is 0 Å². The molecule has 0 N–H and O–H groups in total. The fourth-order valence-corrected chi connectivity index (χ4v) is 2.32. The Morgan fingerprint density at radius 2 is 1.95 bits per heavy atom. The lowest BCUT2D eigenvalue weighted by molar-refractivity contribution is 0.0740. The van der Waals surface area contributed by atoms with Gasteiger partial charge in [0, 0.05) is 13.1 Å². The molecule has 19 heavy (non-hydrogen) atoms. The van der Waals surface area contributed by atoms with E-state index >= 15 is 0 Å². The predicted octanol–water partition coefficient (Wildman–Crippen LogP) is 4.01. The van der Waals surface area contributed by atoms with Gasteiger partial charge in [-0.05, 0) is 18.1 Å². The second kappa shape index (κ2) is 7.37. The second-order valence-corrected chi connectivity index (χ2v) is 5.46. The number of carbonyl (C=O) groups excluding carboxylic acids is 1. The molecule has 0 spiro atoms. The summed E-state index contributed by atoms with van der Waals surface area (Å²) >= 11 is 12.1. The molecule has 0 unspecified atom stereocenters. The minimum Gasteiger partial charge on any atom is -0.337 e. The zero-order chi connectivity index (χ0) is 14.4. The summed E-state index contributed by atoms with van der Waals surface area (Å²) in [6.45, 7) is 4.98. The molecule has 0 aliphatic carbocycles. The highest BCUT2D eigenvalue weighted by atomic mass is 35.5. The number of rotatable bonds is 5. The Balaban J connectivity index is 3.01. The summed E-state index contributed by atoms with van der Waals surface area (Å²) in [5.74, 6) is 0.0865. The maximum absolute atomic E-state index is 12.5. The predicted molar refractivity (Wildman–Crippen MR) is 77.4 cm³/mol. The topological polar surface area (TPSA) is 44.1 Å². The third-order valence-corrected chi connectivity index (χ3v) is 3.17. The van der Waals surface area contributed by atoms with Gasteiger partial charge in [-0.1, -0.05) is 43.1 Å². The molecule has 0 heterocycles. The molecule has 0 aliphatic heterocycles. The number of amides is 1. The van der Waals surface area contributed by atoms with Crippen LogP contribution in [0.1, 0.15) is 30.6 Å². The van der Waals surface area contributed by atoms with E-state index in [1.807, 2.05) is 19.9 Å². The monoisotopic (exact) mass is 298 g/mol. The molecule has 0 saturated heterocycles. The second-order valence-electron chi connectivity index (χ2n) is 4.65. The van der Waals surface area contributed by atoms with Crippen molar-refractivity contribution >= 4 is 29.1 Å². The highest BCUT2D eigenvalue weighted by Crippen LogP contribution is 2.26. The van der Waals surface area contributed by atoms with Crippen LogP contribution in [-0.4, -0.2) is 23.9 Å². The molecular formula is C14H16Cl2N2O. The van der Waals surface area contributed by atoms with Crippen LogP contribution in [0.15, 0.2) is 18.2 Å². The van der Waals surface area contributed by atoms with Crippen molar-refractivity contribution < 1.29 is 4.79 Å². The molecule has 1 rings (SSSR count). The van der Waals surface area contributed by atoms with Gasteiger partial charge in [0.25, 0.3) is 5.91 Å². The first-order chi connectivity index (χ1) is 8.97. The molecule has 0 aromatic heterocycles. The Bertz CT molecular complexity index is 474. The quantitative estimate of drug-likeness (QED) is 0.824. The molecule has 3 nitrogen and oxygen atoms in total. The van der Waals surface area contributed by atoms with E-state index in [1.54, 1.807) is 23.1 Å². The maximum Gasteiger partial charge on any atom is 0.256 e. The van der Waals surface area contributed by atoms with Gasteiger partial charge in [0.1, 0.15) is 0 Å². The van der Waals surface area contributed by atoms with Gasteiger partial charge < -0.3 is 4.90 Å². The Morgan fingerprint density at radius 3 is 2.42 bits per heavy atom. The summed E-state index contributed by atoms with van der Waals surface area (Å²) < 4.78 is 0. The van der Waals surface area contributed by atoms with Crippen molar-refractivity contribution in [2.24, 2.45) is 5.92 Å². The summed E-state index contributed by atoms with van der Waals surface area (Å²) in [5, 5.41) is 9.34.